The molecule has 5 aromatic rings. The first-order valence-corrected chi connectivity index (χ1v) is 12.5. The van der Waals surface area contributed by atoms with Crippen LogP contribution in [0.2, 0.25) is 5.02 Å². The largest absolute Gasteiger partial charge is 0.361 e. The molecule has 0 atom stereocenters. The first-order chi connectivity index (χ1) is 18.1. The predicted octanol–water partition coefficient (Wildman–Crippen LogP) is 4.03. The smallest absolute Gasteiger partial charge is 0.332 e. The molecule has 0 aliphatic carbocycles. The number of hydrogen-bond acceptors (Lipinski definition) is 5. The highest BCUT2D eigenvalue weighted by Gasteiger charge is 2.25. The van der Waals surface area contributed by atoms with Crippen molar-refractivity contribution in [3.8, 4) is 17.6 Å². The monoisotopic (exact) mass is 530 g/mol. The topological polar surface area (TPSA) is 119 Å². The zero-order chi connectivity index (χ0) is 27.3. The lowest BCUT2D eigenvalue weighted by molar-refractivity contribution is 0.498. The Morgan fingerprint density at radius 1 is 1.24 bits per heavy atom. The molecule has 0 amide bonds. The van der Waals surface area contributed by atoms with Gasteiger partial charge in [0.25, 0.3) is 5.56 Å². The highest BCUT2D eigenvalue weighted by molar-refractivity contribution is 6.31. The zero-order valence-corrected chi connectivity index (χ0v) is 22.5. The summed E-state index contributed by atoms with van der Waals surface area (Å²) in [4.78, 5) is 33.9. The van der Waals surface area contributed by atoms with Gasteiger partial charge in [0.2, 0.25) is 6.19 Å². The summed E-state index contributed by atoms with van der Waals surface area (Å²) in [5.41, 5.74) is 3.96. The molecule has 0 aliphatic rings. The van der Waals surface area contributed by atoms with Crippen LogP contribution in [-0.2, 0) is 27.2 Å². The summed E-state index contributed by atoms with van der Waals surface area (Å²) in [5.74, 6) is 0.157. The molecule has 194 valence electrons. The Kier molecular flexibility index (Phi) is 6.33. The van der Waals surface area contributed by atoms with Gasteiger partial charge in [-0.3, -0.25) is 18.6 Å². The third-order valence-corrected chi connectivity index (χ3v) is 6.94. The number of rotatable bonds is 6. The maximum atomic E-state index is 13.6. The van der Waals surface area contributed by atoms with E-state index >= 15 is 0 Å². The Balaban J connectivity index is 1.85. The van der Waals surface area contributed by atoms with Crippen molar-refractivity contribution < 1.29 is 0 Å². The molecule has 1 aromatic carbocycles. The number of aryl methyl sites for hydroxylation is 1. The molecule has 10 nitrogen and oxygen atoms in total. The second-order valence-corrected chi connectivity index (χ2v) is 10.3. The summed E-state index contributed by atoms with van der Waals surface area (Å²) in [6.07, 6.45) is 5.58. The van der Waals surface area contributed by atoms with E-state index in [-0.39, 0.29) is 5.92 Å². The van der Waals surface area contributed by atoms with Crippen LogP contribution in [0.15, 0.2) is 51.2 Å². The van der Waals surface area contributed by atoms with E-state index in [0.29, 0.717) is 46.2 Å². The lowest BCUT2D eigenvalue weighted by Gasteiger charge is -2.11. The van der Waals surface area contributed by atoms with Crippen LogP contribution in [0.5, 0.6) is 0 Å². The van der Waals surface area contributed by atoms with Gasteiger partial charge < -0.3 is 9.55 Å². The van der Waals surface area contributed by atoms with Crippen LogP contribution >= 0.6 is 11.6 Å². The standard InChI is InChI=1S/C27H27ClN8O2/c1-15(2)11-35-25-23(26(37)34(5)27(35)38)24(22-8-17(12-33(22)4)16(3)31-14-29)36(32-25)13-18-10-30-21-7-6-19(28)9-20(18)21/h6-10,12,15,30H,11,13H2,1-5H3/b31-16-. The van der Waals surface area contributed by atoms with E-state index in [1.807, 2.05) is 68.3 Å². The second-order valence-electron chi connectivity index (χ2n) is 9.88. The Morgan fingerprint density at radius 2 is 2.00 bits per heavy atom. The highest BCUT2D eigenvalue weighted by atomic mass is 35.5. The molecule has 0 saturated carbocycles. The fourth-order valence-corrected chi connectivity index (χ4v) is 5.02. The van der Waals surface area contributed by atoms with Crippen molar-refractivity contribution in [1.29, 1.82) is 5.26 Å². The molecule has 0 fully saturated rings. The fourth-order valence-electron chi connectivity index (χ4n) is 4.85. The number of benzene rings is 1. The van der Waals surface area contributed by atoms with E-state index in [4.69, 9.17) is 22.0 Å². The SMILES string of the molecule is C/C(=N/C#N)c1cc(-c2c3c(=O)n(C)c(=O)n(CC(C)C)c3nn2Cc2c[nH]c3ccc(Cl)cc23)n(C)c1. The number of aromatic nitrogens is 6. The van der Waals surface area contributed by atoms with Gasteiger partial charge in [0.05, 0.1) is 18.0 Å². The third kappa shape index (κ3) is 4.15. The molecule has 1 N–H and O–H groups in total. The first-order valence-electron chi connectivity index (χ1n) is 12.2. The van der Waals surface area contributed by atoms with Crippen molar-refractivity contribution >= 4 is 39.2 Å². The maximum absolute atomic E-state index is 13.6. The summed E-state index contributed by atoms with van der Waals surface area (Å²) < 4.78 is 6.35. The number of fused-ring (bicyclic) bond motifs is 2. The molecule has 11 heteroatoms. The van der Waals surface area contributed by atoms with Crippen molar-refractivity contribution in [1.82, 2.24) is 28.5 Å². The number of nitrogens with one attached hydrogen (secondary N) is 1. The van der Waals surface area contributed by atoms with Crippen molar-refractivity contribution in [3.05, 3.63) is 73.6 Å². The quantitative estimate of drug-likeness (QED) is 0.263. The molecule has 4 aromatic heterocycles. The third-order valence-electron chi connectivity index (χ3n) is 6.71. The van der Waals surface area contributed by atoms with Gasteiger partial charge in [-0.1, -0.05) is 25.4 Å². The molecule has 0 bridgehead atoms. The van der Waals surface area contributed by atoms with Gasteiger partial charge in [-0.15, -0.1) is 0 Å². The van der Waals surface area contributed by atoms with E-state index < -0.39 is 11.2 Å². The van der Waals surface area contributed by atoms with E-state index in [1.165, 1.54) is 7.05 Å². The summed E-state index contributed by atoms with van der Waals surface area (Å²) in [7, 11) is 3.35. The lowest BCUT2D eigenvalue weighted by Crippen LogP contribution is -2.38. The summed E-state index contributed by atoms with van der Waals surface area (Å²) >= 11 is 6.29. The lowest BCUT2D eigenvalue weighted by atomic mass is 10.1. The van der Waals surface area contributed by atoms with Crippen LogP contribution in [0.3, 0.4) is 0 Å². The van der Waals surface area contributed by atoms with E-state index in [2.05, 4.69) is 9.98 Å². The minimum absolute atomic E-state index is 0.157. The molecule has 0 spiro atoms. The van der Waals surface area contributed by atoms with Crippen LogP contribution in [-0.4, -0.2) is 34.2 Å². The van der Waals surface area contributed by atoms with Gasteiger partial charge in [-0.25, -0.2) is 4.79 Å². The van der Waals surface area contributed by atoms with E-state index in [9.17, 15) is 9.59 Å². The van der Waals surface area contributed by atoms with Crippen molar-refractivity contribution in [2.24, 2.45) is 25.0 Å². The van der Waals surface area contributed by atoms with Crippen LogP contribution in [0.1, 0.15) is 31.9 Å². The minimum atomic E-state index is -0.418. The zero-order valence-electron chi connectivity index (χ0n) is 21.8. The Labute approximate surface area is 223 Å². The maximum Gasteiger partial charge on any atom is 0.332 e. The van der Waals surface area contributed by atoms with Crippen molar-refractivity contribution in [2.45, 2.75) is 33.9 Å². The van der Waals surface area contributed by atoms with Crippen molar-refractivity contribution in [3.63, 3.8) is 0 Å². The van der Waals surface area contributed by atoms with Crippen LogP contribution in [0, 0.1) is 17.4 Å². The summed E-state index contributed by atoms with van der Waals surface area (Å²) in [6, 6.07) is 7.51. The molecule has 0 saturated heterocycles. The highest BCUT2D eigenvalue weighted by Crippen LogP contribution is 2.30. The van der Waals surface area contributed by atoms with Crippen molar-refractivity contribution in [2.75, 3.05) is 0 Å². The number of halogens is 1. The minimum Gasteiger partial charge on any atom is -0.361 e. The first kappa shape index (κ1) is 25.3. The van der Waals surface area contributed by atoms with Gasteiger partial charge in [-0.2, -0.15) is 15.4 Å². The van der Waals surface area contributed by atoms with Gasteiger partial charge >= 0.3 is 5.69 Å². The average molecular weight is 531 g/mol. The molecule has 5 rings (SSSR count). The molecule has 4 heterocycles. The number of nitrogens with zero attached hydrogens (tertiary/aromatic N) is 7. The number of aliphatic imine (C=N–C) groups is 1. The number of aromatic amines is 1. The van der Waals surface area contributed by atoms with E-state index in [0.717, 1.165) is 26.6 Å². The average Bonchev–Trinajstić information content (AvgIpc) is 3.56. The number of nitriles is 1. The molecule has 0 radical (unpaired) electrons. The Hall–Kier alpha value is -4.36. The Morgan fingerprint density at radius 3 is 2.71 bits per heavy atom. The van der Waals surface area contributed by atoms with Gasteiger partial charge in [0, 0.05) is 54.5 Å². The fraction of sp³-hybridized carbons (Fsp3) is 0.296. The number of H-pyrrole nitrogens is 1. The van der Waals surface area contributed by atoms with Gasteiger partial charge in [0.1, 0.15) is 11.1 Å². The molecule has 38 heavy (non-hydrogen) atoms. The number of hydrogen-bond donors (Lipinski definition) is 1. The van der Waals surface area contributed by atoms with Crippen LogP contribution < -0.4 is 11.2 Å². The van der Waals surface area contributed by atoms with Crippen LogP contribution in [0.25, 0.3) is 33.3 Å². The molecular weight excluding hydrogens is 504 g/mol. The Bertz CT molecular complexity index is 1910. The molecule has 0 unspecified atom stereocenters. The molecule has 0 aliphatic heterocycles. The normalized spacial score (nSPS) is 12.2. The second kappa shape index (κ2) is 9.50. The van der Waals surface area contributed by atoms with Gasteiger partial charge in [0.15, 0.2) is 5.65 Å². The predicted molar refractivity (Wildman–Crippen MR) is 149 cm³/mol. The van der Waals surface area contributed by atoms with Crippen LogP contribution in [0.4, 0.5) is 0 Å². The van der Waals surface area contributed by atoms with Gasteiger partial charge in [-0.05, 0) is 42.7 Å². The molecular formula is C27H27ClN8O2. The summed E-state index contributed by atoms with van der Waals surface area (Å²) in [6.45, 7) is 6.52. The summed E-state index contributed by atoms with van der Waals surface area (Å²) in [5, 5.41) is 15.8. The van der Waals surface area contributed by atoms with E-state index in [1.54, 1.807) is 16.2 Å².